The quantitative estimate of drug-likeness (QED) is 0.528. The van der Waals surface area contributed by atoms with Crippen molar-refractivity contribution in [1.82, 2.24) is 0 Å². The van der Waals surface area contributed by atoms with Gasteiger partial charge >= 0.3 is 0 Å². The lowest BCUT2D eigenvalue weighted by Crippen LogP contribution is -2.17. The number of benzene rings is 1. The molecule has 0 heterocycles. The first-order valence-corrected chi connectivity index (χ1v) is 7.67. The summed E-state index contributed by atoms with van der Waals surface area (Å²) in [6, 6.07) is 4.44. The summed E-state index contributed by atoms with van der Waals surface area (Å²) >= 11 is 3.68. The second kappa shape index (κ2) is 6.65. The van der Waals surface area contributed by atoms with Crippen LogP contribution in [0.1, 0.15) is 44.1 Å². The van der Waals surface area contributed by atoms with Crippen molar-refractivity contribution in [1.29, 1.82) is 0 Å². The Labute approximate surface area is 116 Å². The average Bonchev–Trinajstić information content (AvgIpc) is 2.63. The molecule has 1 fully saturated rings. The van der Waals surface area contributed by atoms with Gasteiger partial charge in [0.1, 0.15) is 0 Å². The van der Waals surface area contributed by atoms with Crippen LogP contribution >= 0.6 is 15.9 Å². The van der Waals surface area contributed by atoms with Gasteiger partial charge < -0.3 is 0 Å². The van der Waals surface area contributed by atoms with Crippen LogP contribution in [0, 0.1) is 17.6 Å². The summed E-state index contributed by atoms with van der Waals surface area (Å²) in [5.74, 6) is -0.834. The minimum Gasteiger partial charge on any atom is -0.204 e. The van der Waals surface area contributed by atoms with E-state index < -0.39 is 11.6 Å². The zero-order valence-electron chi connectivity index (χ0n) is 10.5. The molecule has 1 aliphatic carbocycles. The smallest absolute Gasteiger partial charge is 0.162 e. The highest BCUT2D eigenvalue weighted by Gasteiger charge is 2.22. The molecular formula is C15H19BrF2. The fourth-order valence-corrected chi connectivity index (χ4v) is 3.63. The normalized spacial score (nSPS) is 19.5. The van der Waals surface area contributed by atoms with Gasteiger partial charge in [0.15, 0.2) is 11.6 Å². The number of halogens is 3. The second-order valence-corrected chi connectivity index (χ2v) is 6.36. The van der Waals surface area contributed by atoms with Gasteiger partial charge in [-0.3, -0.25) is 0 Å². The maximum absolute atomic E-state index is 13.6. The molecule has 3 heteroatoms. The summed E-state index contributed by atoms with van der Waals surface area (Å²) in [6.45, 7) is 0. The summed E-state index contributed by atoms with van der Waals surface area (Å²) < 4.78 is 26.8. The summed E-state index contributed by atoms with van der Waals surface area (Å²) in [6.07, 6.45) is 8.12. The van der Waals surface area contributed by atoms with E-state index in [9.17, 15) is 8.78 Å². The lowest BCUT2D eigenvalue weighted by molar-refractivity contribution is 0.436. The topological polar surface area (TPSA) is 0 Å². The van der Waals surface area contributed by atoms with E-state index in [4.69, 9.17) is 0 Å². The van der Waals surface area contributed by atoms with Crippen molar-refractivity contribution in [3.05, 3.63) is 35.4 Å². The van der Waals surface area contributed by atoms with Gasteiger partial charge in [-0.05, 0) is 36.8 Å². The molecule has 0 N–H and O–H groups in total. The van der Waals surface area contributed by atoms with Gasteiger partial charge in [-0.25, -0.2) is 8.78 Å². The summed E-state index contributed by atoms with van der Waals surface area (Å²) in [4.78, 5) is 0.256. The molecule has 0 bridgehead atoms. The first kappa shape index (κ1) is 14.0. The first-order chi connectivity index (χ1) is 8.68. The minimum absolute atomic E-state index is 0.256. The number of hydrogen-bond donors (Lipinski definition) is 0. The van der Waals surface area contributed by atoms with Crippen molar-refractivity contribution in [2.75, 3.05) is 0 Å². The molecule has 2 rings (SSSR count). The van der Waals surface area contributed by atoms with Crippen LogP contribution in [-0.4, -0.2) is 4.83 Å². The largest absolute Gasteiger partial charge is 0.204 e. The summed E-state index contributed by atoms with van der Waals surface area (Å²) in [7, 11) is 0. The Hall–Kier alpha value is -0.440. The van der Waals surface area contributed by atoms with Crippen LogP contribution < -0.4 is 0 Å². The zero-order chi connectivity index (χ0) is 13.0. The van der Waals surface area contributed by atoms with Gasteiger partial charge in [-0.2, -0.15) is 0 Å². The Morgan fingerprint density at radius 3 is 2.44 bits per heavy atom. The van der Waals surface area contributed by atoms with Crippen molar-refractivity contribution in [2.24, 2.45) is 5.92 Å². The molecule has 1 saturated carbocycles. The monoisotopic (exact) mass is 316 g/mol. The molecular weight excluding hydrogens is 298 g/mol. The molecule has 100 valence electrons. The predicted octanol–water partition coefficient (Wildman–Crippen LogP) is 5.24. The summed E-state index contributed by atoms with van der Waals surface area (Å²) in [5.41, 5.74) is 0.487. The van der Waals surface area contributed by atoms with Gasteiger partial charge in [0.25, 0.3) is 0 Å². The highest BCUT2D eigenvalue weighted by Crippen LogP contribution is 2.31. The Kier molecular flexibility index (Phi) is 5.16. The molecule has 1 atom stereocenters. The van der Waals surface area contributed by atoms with E-state index in [1.165, 1.54) is 44.6 Å². The van der Waals surface area contributed by atoms with Crippen molar-refractivity contribution < 1.29 is 8.78 Å². The molecule has 0 spiro atoms. The van der Waals surface area contributed by atoms with Gasteiger partial charge in [0.05, 0.1) is 0 Å². The molecule has 0 aromatic heterocycles. The van der Waals surface area contributed by atoms with Crippen LogP contribution in [0.25, 0.3) is 0 Å². The Bertz CT molecular complexity index is 384. The number of rotatable bonds is 3. The maximum atomic E-state index is 13.6. The molecule has 1 aromatic rings. The first-order valence-electron chi connectivity index (χ1n) is 6.75. The van der Waals surface area contributed by atoms with Crippen molar-refractivity contribution >= 4 is 15.9 Å². The molecule has 0 amide bonds. The van der Waals surface area contributed by atoms with E-state index >= 15 is 0 Å². The summed E-state index contributed by atoms with van der Waals surface area (Å²) in [5, 5.41) is 0. The molecule has 0 saturated heterocycles. The maximum Gasteiger partial charge on any atom is 0.162 e. The van der Waals surface area contributed by atoms with Crippen LogP contribution in [-0.2, 0) is 6.42 Å². The van der Waals surface area contributed by atoms with E-state index in [0.29, 0.717) is 17.9 Å². The molecule has 0 nitrogen and oxygen atoms in total. The SMILES string of the molecule is Fc1cccc(CC(Br)C2CCCCCC2)c1F. The Morgan fingerprint density at radius 1 is 1.11 bits per heavy atom. The highest BCUT2D eigenvalue weighted by atomic mass is 79.9. The fraction of sp³-hybridized carbons (Fsp3) is 0.600. The predicted molar refractivity (Wildman–Crippen MR) is 74.0 cm³/mol. The standard InChI is InChI=1S/C15H19BrF2/c16-13(11-6-3-1-2-4-7-11)10-12-8-5-9-14(17)15(12)18/h5,8-9,11,13H,1-4,6-7,10H2. The average molecular weight is 317 g/mol. The third kappa shape index (κ3) is 3.53. The van der Waals surface area contributed by atoms with Crippen LogP contribution in [0.5, 0.6) is 0 Å². The zero-order valence-corrected chi connectivity index (χ0v) is 12.1. The van der Waals surface area contributed by atoms with E-state index in [2.05, 4.69) is 15.9 Å². The fourth-order valence-electron chi connectivity index (χ4n) is 2.76. The molecule has 0 radical (unpaired) electrons. The van der Waals surface area contributed by atoms with E-state index in [-0.39, 0.29) is 4.83 Å². The van der Waals surface area contributed by atoms with Crippen LogP contribution in [0.2, 0.25) is 0 Å². The third-order valence-corrected chi connectivity index (χ3v) is 4.93. The minimum atomic E-state index is -0.743. The highest BCUT2D eigenvalue weighted by molar-refractivity contribution is 9.09. The van der Waals surface area contributed by atoms with E-state index in [0.717, 1.165) is 0 Å². The lowest BCUT2D eigenvalue weighted by Gasteiger charge is -2.21. The van der Waals surface area contributed by atoms with Crippen molar-refractivity contribution in [3.63, 3.8) is 0 Å². The molecule has 1 aliphatic rings. The van der Waals surface area contributed by atoms with Crippen molar-refractivity contribution in [2.45, 2.75) is 49.8 Å². The van der Waals surface area contributed by atoms with Gasteiger partial charge in [0.2, 0.25) is 0 Å². The Morgan fingerprint density at radius 2 is 1.78 bits per heavy atom. The van der Waals surface area contributed by atoms with Gasteiger partial charge in [-0.1, -0.05) is 53.7 Å². The molecule has 0 aliphatic heterocycles. The van der Waals surface area contributed by atoms with E-state index in [1.807, 2.05) is 0 Å². The number of hydrogen-bond acceptors (Lipinski definition) is 0. The molecule has 18 heavy (non-hydrogen) atoms. The van der Waals surface area contributed by atoms with Crippen LogP contribution in [0.15, 0.2) is 18.2 Å². The lowest BCUT2D eigenvalue weighted by atomic mass is 9.92. The Balaban J connectivity index is 2.01. The van der Waals surface area contributed by atoms with Crippen molar-refractivity contribution in [3.8, 4) is 0 Å². The van der Waals surface area contributed by atoms with Crippen LogP contribution in [0.4, 0.5) is 8.78 Å². The molecule has 1 unspecified atom stereocenters. The number of alkyl halides is 1. The molecule has 1 aromatic carbocycles. The van der Waals surface area contributed by atoms with Gasteiger partial charge in [0, 0.05) is 4.83 Å². The third-order valence-electron chi connectivity index (χ3n) is 3.86. The van der Waals surface area contributed by atoms with Gasteiger partial charge in [-0.15, -0.1) is 0 Å². The van der Waals surface area contributed by atoms with E-state index in [1.54, 1.807) is 12.1 Å². The second-order valence-electron chi connectivity index (χ2n) is 5.18. The van der Waals surface area contributed by atoms with Crippen LogP contribution in [0.3, 0.4) is 0 Å².